The molecule has 0 radical (unpaired) electrons. The highest BCUT2D eigenvalue weighted by Crippen LogP contribution is 2.28. The van der Waals surface area contributed by atoms with Crippen LogP contribution in [0.3, 0.4) is 0 Å². The average Bonchev–Trinajstić information content (AvgIpc) is 2.68. The van der Waals surface area contributed by atoms with Crippen molar-refractivity contribution in [2.24, 2.45) is 18.9 Å². The van der Waals surface area contributed by atoms with Gasteiger partial charge in [-0.2, -0.15) is 5.10 Å². The Hall–Kier alpha value is -0.830. The number of hydrogen-bond acceptors (Lipinski definition) is 2. The number of nitrogens with zero attached hydrogens (tertiary/aromatic N) is 2. The lowest BCUT2D eigenvalue weighted by molar-refractivity contribution is 0.229. The van der Waals surface area contributed by atoms with Crippen LogP contribution in [-0.4, -0.2) is 22.4 Å². The third-order valence-corrected chi connectivity index (χ3v) is 3.99. The SMILES string of the molecule is CC1CCC(NCCc2ccn(C)n2)C(C)C1. The molecule has 0 amide bonds. The van der Waals surface area contributed by atoms with Crippen LogP contribution in [0.5, 0.6) is 0 Å². The lowest BCUT2D eigenvalue weighted by atomic mass is 9.80. The highest BCUT2D eigenvalue weighted by Gasteiger charge is 2.24. The summed E-state index contributed by atoms with van der Waals surface area (Å²) in [6.07, 6.45) is 7.15. The predicted octanol–water partition coefficient (Wildman–Crippen LogP) is 2.38. The summed E-state index contributed by atoms with van der Waals surface area (Å²) >= 11 is 0. The zero-order valence-corrected chi connectivity index (χ0v) is 11.3. The van der Waals surface area contributed by atoms with Gasteiger partial charge in [-0.05, 0) is 37.2 Å². The Labute approximate surface area is 105 Å². The van der Waals surface area contributed by atoms with E-state index in [0.717, 1.165) is 30.8 Å². The van der Waals surface area contributed by atoms with Gasteiger partial charge in [0.2, 0.25) is 0 Å². The van der Waals surface area contributed by atoms with Gasteiger partial charge in [0, 0.05) is 32.3 Å². The minimum Gasteiger partial charge on any atom is -0.313 e. The topological polar surface area (TPSA) is 29.9 Å². The van der Waals surface area contributed by atoms with E-state index >= 15 is 0 Å². The minimum absolute atomic E-state index is 0.718. The molecule has 0 aliphatic heterocycles. The molecule has 0 spiro atoms. The molecule has 1 aromatic rings. The van der Waals surface area contributed by atoms with Crippen molar-refractivity contribution >= 4 is 0 Å². The molecule has 3 unspecified atom stereocenters. The summed E-state index contributed by atoms with van der Waals surface area (Å²) in [5, 5.41) is 8.10. The standard InChI is InChI=1S/C14H25N3/c1-11-4-5-14(12(2)10-11)15-8-6-13-7-9-17(3)16-13/h7,9,11-12,14-15H,4-6,8,10H2,1-3H3. The first-order valence-electron chi connectivity index (χ1n) is 6.87. The summed E-state index contributed by atoms with van der Waals surface area (Å²) in [5.41, 5.74) is 1.19. The number of rotatable bonds is 4. The predicted molar refractivity (Wildman–Crippen MR) is 70.9 cm³/mol. The Morgan fingerprint density at radius 1 is 1.41 bits per heavy atom. The maximum absolute atomic E-state index is 4.40. The van der Waals surface area contributed by atoms with Crippen LogP contribution in [-0.2, 0) is 13.5 Å². The van der Waals surface area contributed by atoms with Crippen LogP contribution in [0.15, 0.2) is 12.3 Å². The number of nitrogens with one attached hydrogen (secondary N) is 1. The molecule has 3 nitrogen and oxygen atoms in total. The molecule has 1 aromatic heterocycles. The van der Waals surface area contributed by atoms with Gasteiger partial charge >= 0.3 is 0 Å². The molecule has 3 atom stereocenters. The number of hydrogen-bond donors (Lipinski definition) is 1. The summed E-state index contributed by atoms with van der Waals surface area (Å²) in [6, 6.07) is 2.82. The van der Waals surface area contributed by atoms with Crippen molar-refractivity contribution in [1.29, 1.82) is 0 Å². The first-order chi connectivity index (χ1) is 8.15. The van der Waals surface area contributed by atoms with E-state index in [9.17, 15) is 0 Å². The zero-order valence-electron chi connectivity index (χ0n) is 11.3. The van der Waals surface area contributed by atoms with Gasteiger partial charge in [-0.1, -0.05) is 13.8 Å². The zero-order chi connectivity index (χ0) is 12.3. The largest absolute Gasteiger partial charge is 0.313 e. The fourth-order valence-electron chi connectivity index (χ4n) is 2.95. The van der Waals surface area contributed by atoms with E-state index in [1.165, 1.54) is 25.0 Å². The Bertz CT molecular complexity index is 345. The minimum atomic E-state index is 0.718. The maximum Gasteiger partial charge on any atom is 0.0637 e. The van der Waals surface area contributed by atoms with Crippen molar-refractivity contribution in [3.63, 3.8) is 0 Å². The second-order valence-corrected chi connectivity index (χ2v) is 5.69. The Morgan fingerprint density at radius 2 is 2.24 bits per heavy atom. The van der Waals surface area contributed by atoms with E-state index in [1.807, 2.05) is 17.9 Å². The normalized spacial score (nSPS) is 29.5. The molecule has 1 saturated carbocycles. The van der Waals surface area contributed by atoms with Crippen LogP contribution in [0.2, 0.25) is 0 Å². The Morgan fingerprint density at radius 3 is 2.88 bits per heavy atom. The number of aryl methyl sites for hydroxylation is 1. The quantitative estimate of drug-likeness (QED) is 0.868. The number of aromatic nitrogens is 2. The van der Waals surface area contributed by atoms with Gasteiger partial charge in [0.05, 0.1) is 5.69 Å². The summed E-state index contributed by atoms with van der Waals surface area (Å²) in [5.74, 6) is 1.74. The summed E-state index contributed by atoms with van der Waals surface area (Å²) in [7, 11) is 1.97. The molecule has 0 bridgehead atoms. The molecular formula is C14H25N3. The molecule has 1 aliphatic carbocycles. The van der Waals surface area contributed by atoms with Crippen molar-refractivity contribution in [3.05, 3.63) is 18.0 Å². The molecule has 0 aromatic carbocycles. The Balaban J connectivity index is 1.71. The molecule has 96 valence electrons. The first kappa shape index (κ1) is 12.6. The van der Waals surface area contributed by atoms with Gasteiger partial charge in [-0.3, -0.25) is 4.68 Å². The van der Waals surface area contributed by atoms with Crippen molar-refractivity contribution in [1.82, 2.24) is 15.1 Å². The van der Waals surface area contributed by atoms with Crippen molar-refractivity contribution in [2.75, 3.05) is 6.54 Å². The third-order valence-electron chi connectivity index (χ3n) is 3.99. The monoisotopic (exact) mass is 235 g/mol. The van der Waals surface area contributed by atoms with E-state index < -0.39 is 0 Å². The van der Waals surface area contributed by atoms with Gasteiger partial charge in [0.25, 0.3) is 0 Å². The van der Waals surface area contributed by atoms with Crippen molar-refractivity contribution < 1.29 is 0 Å². The van der Waals surface area contributed by atoms with Crippen LogP contribution in [0.4, 0.5) is 0 Å². The summed E-state index contributed by atoms with van der Waals surface area (Å²) in [4.78, 5) is 0. The first-order valence-corrected chi connectivity index (χ1v) is 6.87. The van der Waals surface area contributed by atoms with Gasteiger partial charge < -0.3 is 5.32 Å². The molecule has 17 heavy (non-hydrogen) atoms. The Kier molecular flexibility index (Phi) is 4.21. The van der Waals surface area contributed by atoms with Crippen LogP contribution in [0.1, 0.15) is 38.8 Å². The highest BCUT2D eigenvalue weighted by molar-refractivity contribution is 4.99. The van der Waals surface area contributed by atoms with Gasteiger partial charge in [0.15, 0.2) is 0 Å². The smallest absolute Gasteiger partial charge is 0.0637 e. The maximum atomic E-state index is 4.40. The van der Waals surface area contributed by atoms with Crippen molar-refractivity contribution in [3.8, 4) is 0 Å². The highest BCUT2D eigenvalue weighted by atomic mass is 15.2. The van der Waals surface area contributed by atoms with Crippen LogP contribution in [0.25, 0.3) is 0 Å². The van der Waals surface area contributed by atoms with Crippen LogP contribution < -0.4 is 5.32 Å². The second kappa shape index (κ2) is 5.67. The molecule has 0 saturated heterocycles. The average molecular weight is 235 g/mol. The summed E-state index contributed by atoms with van der Waals surface area (Å²) in [6.45, 7) is 5.81. The fraction of sp³-hybridized carbons (Fsp3) is 0.786. The molecule has 1 fully saturated rings. The van der Waals surface area contributed by atoms with Gasteiger partial charge in [-0.25, -0.2) is 0 Å². The van der Waals surface area contributed by atoms with Crippen LogP contribution >= 0.6 is 0 Å². The molecule has 3 heteroatoms. The molecule has 2 rings (SSSR count). The summed E-state index contributed by atoms with van der Waals surface area (Å²) < 4.78 is 1.88. The van der Waals surface area contributed by atoms with E-state index in [0.29, 0.717) is 0 Å². The van der Waals surface area contributed by atoms with Crippen LogP contribution in [0, 0.1) is 11.8 Å². The van der Waals surface area contributed by atoms with E-state index in [2.05, 4.69) is 30.3 Å². The third kappa shape index (κ3) is 3.56. The lowest BCUT2D eigenvalue weighted by Gasteiger charge is -2.33. The molecule has 1 aliphatic rings. The second-order valence-electron chi connectivity index (χ2n) is 5.69. The fourth-order valence-corrected chi connectivity index (χ4v) is 2.95. The molecule has 1 heterocycles. The molecule has 1 N–H and O–H groups in total. The van der Waals surface area contributed by atoms with E-state index in [-0.39, 0.29) is 0 Å². The van der Waals surface area contributed by atoms with E-state index in [4.69, 9.17) is 0 Å². The van der Waals surface area contributed by atoms with Gasteiger partial charge in [0.1, 0.15) is 0 Å². The lowest BCUT2D eigenvalue weighted by Crippen LogP contribution is -2.40. The van der Waals surface area contributed by atoms with E-state index in [1.54, 1.807) is 0 Å². The van der Waals surface area contributed by atoms with Gasteiger partial charge in [-0.15, -0.1) is 0 Å². The molecular weight excluding hydrogens is 210 g/mol. The van der Waals surface area contributed by atoms with Crippen molar-refractivity contribution in [2.45, 2.75) is 45.6 Å².